The van der Waals surface area contributed by atoms with E-state index >= 15 is 0 Å². The fourth-order valence-electron chi connectivity index (χ4n) is 1.81. The van der Waals surface area contributed by atoms with Gasteiger partial charge in [0.25, 0.3) is 0 Å². The van der Waals surface area contributed by atoms with Crippen LogP contribution < -0.4 is 0 Å². The molecule has 1 aromatic heterocycles. The minimum Gasteiger partial charge on any atom is -0.445 e. The number of hydrogen-bond acceptors (Lipinski definition) is 3. The van der Waals surface area contributed by atoms with Gasteiger partial charge in [0.2, 0.25) is 0 Å². The summed E-state index contributed by atoms with van der Waals surface area (Å²) in [5.41, 5.74) is 2.42. The maximum atomic E-state index is 9.25. The summed E-state index contributed by atoms with van der Waals surface area (Å²) < 4.78 is 5.57. The van der Waals surface area contributed by atoms with E-state index in [1.54, 1.807) is 13.1 Å². The van der Waals surface area contributed by atoms with Crippen LogP contribution in [-0.4, -0.2) is 16.2 Å². The van der Waals surface area contributed by atoms with E-state index in [0.717, 1.165) is 5.76 Å². The molecule has 0 aliphatic carbocycles. The van der Waals surface area contributed by atoms with Crippen LogP contribution in [0.4, 0.5) is 0 Å². The molecule has 1 unspecified atom stereocenters. The monoisotopic (exact) mass is 231 g/mol. The summed E-state index contributed by atoms with van der Waals surface area (Å²) in [7, 11) is 0. The van der Waals surface area contributed by atoms with E-state index in [-0.39, 0.29) is 0 Å². The van der Waals surface area contributed by atoms with Gasteiger partial charge in [0.05, 0.1) is 12.3 Å². The number of nitrogens with zero attached hydrogens (tertiary/aromatic N) is 1. The fourth-order valence-corrected chi connectivity index (χ4v) is 1.81. The topological polar surface area (TPSA) is 46.3 Å². The third kappa shape index (κ3) is 3.43. The second-order valence-corrected chi connectivity index (χ2v) is 4.44. The molecule has 0 aliphatic rings. The third-order valence-electron chi connectivity index (χ3n) is 2.54. The zero-order valence-electron chi connectivity index (χ0n) is 10.2. The van der Waals surface area contributed by atoms with Gasteiger partial charge < -0.3 is 9.52 Å². The highest BCUT2D eigenvalue weighted by atomic mass is 16.4. The first kappa shape index (κ1) is 11.9. The highest BCUT2D eigenvalue weighted by Crippen LogP contribution is 2.12. The molecule has 0 radical (unpaired) electrons. The van der Waals surface area contributed by atoms with Crippen LogP contribution in [0.1, 0.15) is 29.7 Å². The minimum absolute atomic E-state index is 0.394. The van der Waals surface area contributed by atoms with Gasteiger partial charge in [-0.15, -0.1) is 0 Å². The normalized spacial score (nSPS) is 12.6. The van der Waals surface area contributed by atoms with E-state index in [2.05, 4.69) is 30.1 Å². The quantitative estimate of drug-likeness (QED) is 0.879. The molecular formula is C14H17NO2. The van der Waals surface area contributed by atoms with Crippen LogP contribution >= 0.6 is 0 Å². The van der Waals surface area contributed by atoms with Crippen LogP contribution in [0.3, 0.4) is 0 Å². The molecule has 2 rings (SSSR count). The molecule has 1 atom stereocenters. The molecule has 1 aromatic carbocycles. The van der Waals surface area contributed by atoms with Crippen molar-refractivity contribution in [1.29, 1.82) is 0 Å². The number of hydrogen-bond donors (Lipinski definition) is 1. The standard InChI is InChI=1S/C14H17NO2/c1-10-4-3-5-12(6-10)8-14-15-9-13(17-14)7-11(2)16/h3-6,9,11,16H,7-8H2,1-2H3. The first-order valence-electron chi connectivity index (χ1n) is 5.80. The van der Waals surface area contributed by atoms with Crippen molar-refractivity contribution in [3.05, 3.63) is 53.2 Å². The number of aryl methyl sites for hydroxylation is 1. The molecule has 2 aromatic rings. The van der Waals surface area contributed by atoms with Crippen molar-refractivity contribution in [1.82, 2.24) is 4.98 Å². The summed E-state index contributed by atoms with van der Waals surface area (Å²) in [5, 5.41) is 9.25. The predicted octanol–water partition coefficient (Wildman–Crippen LogP) is 2.50. The van der Waals surface area contributed by atoms with Gasteiger partial charge in [-0.1, -0.05) is 29.8 Å². The lowest BCUT2D eigenvalue weighted by Gasteiger charge is -2.00. The van der Waals surface area contributed by atoms with Crippen LogP contribution in [-0.2, 0) is 12.8 Å². The van der Waals surface area contributed by atoms with Crippen molar-refractivity contribution < 1.29 is 9.52 Å². The van der Waals surface area contributed by atoms with Gasteiger partial charge in [-0.2, -0.15) is 0 Å². The Morgan fingerprint density at radius 2 is 2.24 bits per heavy atom. The Morgan fingerprint density at radius 3 is 2.94 bits per heavy atom. The minimum atomic E-state index is -0.394. The number of aromatic nitrogens is 1. The molecule has 0 amide bonds. The molecule has 1 N–H and O–H groups in total. The summed E-state index contributed by atoms with van der Waals surface area (Å²) >= 11 is 0. The van der Waals surface area contributed by atoms with Gasteiger partial charge in [0.15, 0.2) is 5.89 Å². The number of aliphatic hydroxyl groups excluding tert-OH is 1. The molecule has 0 saturated heterocycles. The van der Waals surface area contributed by atoms with Crippen LogP contribution in [0, 0.1) is 6.92 Å². The smallest absolute Gasteiger partial charge is 0.198 e. The second kappa shape index (κ2) is 5.15. The van der Waals surface area contributed by atoms with E-state index in [9.17, 15) is 5.11 Å². The van der Waals surface area contributed by atoms with Crippen LogP contribution in [0.5, 0.6) is 0 Å². The van der Waals surface area contributed by atoms with Gasteiger partial charge in [0, 0.05) is 12.8 Å². The van der Waals surface area contributed by atoms with E-state index in [0.29, 0.717) is 18.7 Å². The summed E-state index contributed by atoms with van der Waals surface area (Å²) in [6.45, 7) is 3.81. The number of rotatable bonds is 4. The summed E-state index contributed by atoms with van der Waals surface area (Å²) in [6, 6.07) is 8.28. The van der Waals surface area contributed by atoms with E-state index in [1.807, 2.05) is 6.07 Å². The average molecular weight is 231 g/mol. The van der Waals surface area contributed by atoms with Crippen molar-refractivity contribution in [2.24, 2.45) is 0 Å². The zero-order valence-corrected chi connectivity index (χ0v) is 10.2. The maximum Gasteiger partial charge on any atom is 0.198 e. The molecule has 0 bridgehead atoms. The molecule has 17 heavy (non-hydrogen) atoms. The van der Waals surface area contributed by atoms with Gasteiger partial charge in [-0.05, 0) is 19.4 Å². The first-order chi connectivity index (χ1) is 8.13. The summed E-state index contributed by atoms with van der Waals surface area (Å²) in [6.07, 6.45) is 2.51. The molecule has 0 fully saturated rings. The zero-order chi connectivity index (χ0) is 12.3. The van der Waals surface area contributed by atoms with E-state index < -0.39 is 6.10 Å². The van der Waals surface area contributed by atoms with Gasteiger partial charge in [-0.3, -0.25) is 0 Å². The average Bonchev–Trinajstić information content (AvgIpc) is 2.64. The largest absolute Gasteiger partial charge is 0.445 e. The molecule has 90 valence electrons. The Labute approximate surface area is 101 Å². The Morgan fingerprint density at radius 1 is 1.41 bits per heavy atom. The number of oxazole rings is 1. The fraction of sp³-hybridized carbons (Fsp3) is 0.357. The van der Waals surface area contributed by atoms with Crippen LogP contribution in [0.2, 0.25) is 0 Å². The molecule has 0 saturated carbocycles. The number of benzene rings is 1. The Hall–Kier alpha value is -1.61. The second-order valence-electron chi connectivity index (χ2n) is 4.44. The Bertz CT molecular complexity index is 488. The van der Waals surface area contributed by atoms with Crippen molar-refractivity contribution in [3.8, 4) is 0 Å². The van der Waals surface area contributed by atoms with Crippen molar-refractivity contribution in [2.75, 3.05) is 0 Å². The van der Waals surface area contributed by atoms with Crippen LogP contribution in [0.15, 0.2) is 34.9 Å². The first-order valence-corrected chi connectivity index (χ1v) is 5.80. The Kier molecular flexibility index (Phi) is 3.59. The molecule has 0 aliphatic heterocycles. The van der Waals surface area contributed by atoms with E-state index in [1.165, 1.54) is 11.1 Å². The van der Waals surface area contributed by atoms with Crippen LogP contribution in [0.25, 0.3) is 0 Å². The van der Waals surface area contributed by atoms with Crippen molar-refractivity contribution in [3.63, 3.8) is 0 Å². The maximum absolute atomic E-state index is 9.25. The molecule has 3 heteroatoms. The third-order valence-corrected chi connectivity index (χ3v) is 2.54. The van der Waals surface area contributed by atoms with E-state index in [4.69, 9.17) is 4.42 Å². The highest BCUT2D eigenvalue weighted by Gasteiger charge is 2.07. The summed E-state index contributed by atoms with van der Waals surface area (Å²) in [5.74, 6) is 1.44. The van der Waals surface area contributed by atoms with Gasteiger partial charge >= 0.3 is 0 Å². The lowest BCUT2D eigenvalue weighted by molar-refractivity contribution is 0.186. The Balaban J connectivity index is 2.06. The summed E-state index contributed by atoms with van der Waals surface area (Å²) in [4.78, 5) is 4.22. The van der Waals surface area contributed by atoms with Crippen molar-refractivity contribution in [2.45, 2.75) is 32.8 Å². The van der Waals surface area contributed by atoms with Gasteiger partial charge in [-0.25, -0.2) is 4.98 Å². The molecule has 1 heterocycles. The lowest BCUT2D eigenvalue weighted by atomic mass is 10.1. The number of aliphatic hydroxyl groups is 1. The molecular weight excluding hydrogens is 214 g/mol. The SMILES string of the molecule is Cc1cccc(Cc2ncc(CC(C)O)o2)c1. The molecule has 3 nitrogen and oxygen atoms in total. The highest BCUT2D eigenvalue weighted by molar-refractivity contribution is 5.24. The molecule has 0 spiro atoms. The lowest BCUT2D eigenvalue weighted by Crippen LogP contribution is -2.02. The van der Waals surface area contributed by atoms with Crippen molar-refractivity contribution >= 4 is 0 Å². The van der Waals surface area contributed by atoms with Gasteiger partial charge in [0.1, 0.15) is 5.76 Å². The predicted molar refractivity (Wildman–Crippen MR) is 65.9 cm³/mol.